The number of nitrogens with zero attached hydrogens (tertiary/aromatic N) is 3. The van der Waals surface area contributed by atoms with Crippen LogP contribution in [0.25, 0.3) is 6.08 Å². The summed E-state index contributed by atoms with van der Waals surface area (Å²) in [5.41, 5.74) is 0.0462. The third kappa shape index (κ3) is 3.64. The molecule has 2 aromatic rings. The van der Waals surface area contributed by atoms with Gasteiger partial charge in [0.2, 0.25) is 0 Å². The van der Waals surface area contributed by atoms with Crippen molar-refractivity contribution in [2.75, 3.05) is 19.6 Å². The first-order valence-corrected chi connectivity index (χ1v) is 8.39. The maximum absolute atomic E-state index is 12.9. The van der Waals surface area contributed by atoms with Crippen LogP contribution in [0.5, 0.6) is 0 Å². The van der Waals surface area contributed by atoms with E-state index in [9.17, 15) is 14.3 Å². The Bertz CT molecular complexity index is 759. The average molecular weight is 343 g/mol. The van der Waals surface area contributed by atoms with Gasteiger partial charge in [-0.1, -0.05) is 24.3 Å². The summed E-state index contributed by atoms with van der Waals surface area (Å²) >= 11 is 0. The van der Waals surface area contributed by atoms with Gasteiger partial charge >= 0.3 is 5.97 Å². The Kier molecular flexibility index (Phi) is 4.99. The van der Waals surface area contributed by atoms with Gasteiger partial charge in [0.05, 0.1) is 0 Å². The molecule has 3 rings (SSSR count). The first-order valence-electron chi connectivity index (χ1n) is 8.39. The average Bonchev–Trinajstić information content (AvgIpc) is 3.04. The smallest absolute Gasteiger partial charge is 0.330 e. The van der Waals surface area contributed by atoms with E-state index in [1.165, 1.54) is 12.1 Å². The van der Waals surface area contributed by atoms with Crippen LogP contribution in [0.4, 0.5) is 4.39 Å². The van der Waals surface area contributed by atoms with Crippen molar-refractivity contribution in [3.63, 3.8) is 0 Å². The van der Waals surface area contributed by atoms with Crippen LogP contribution in [-0.2, 0) is 10.3 Å². The number of hydrogen-bond acceptors (Lipinski definition) is 3. The van der Waals surface area contributed by atoms with Crippen LogP contribution in [0.1, 0.15) is 24.2 Å². The number of aryl methyl sites for hydroxylation is 1. The van der Waals surface area contributed by atoms with Gasteiger partial charge in [0.25, 0.3) is 0 Å². The molecular formula is C19H22FN3O2. The zero-order chi connectivity index (χ0) is 17.9. The van der Waals surface area contributed by atoms with Crippen molar-refractivity contribution < 1.29 is 14.3 Å². The number of carbonyl (C=O) groups is 1. The number of halogens is 1. The van der Waals surface area contributed by atoms with Gasteiger partial charge in [0.1, 0.15) is 17.2 Å². The molecule has 1 aliphatic rings. The Labute approximate surface area is 146 Å². The molecule has 0 bridgehead atoms. The molecule has 0 spiro atoms. The summed E-state index contributed by atoms with van der Waals surface area (Å²) < 4.78 is 14.7. The van der Waals surface area contributed by atoms with Crippen molar-refractivity contribution in [1.82, 2.24) is 14.5 Å². The quantitative estimate of drug-likeness (QED) is 0.907. The predicted molar refractivity (Wildman–Crippen MR) is 93.7 cm³/mol. The molecular weight excluding hydrogens is 321 g/mol. The van der Waals surface area contributed by atoms with E-state index in [4.69, 9.17) is 0 Å². The van der Waals surface area contributed by atoms with E-state index < -0.39 is 11.5 Å². The molecule has 1 saturated heterocycles. The van der Waals surface area contributed by atoms with E-state index in [0.717, 1.165) is 17.9 Å². The molecule has 0 amide bonds. The summed E-state index contributed by atoms with van der Waals surface area (Å²) in [6.45, 7) is 3.99. The van der Waals surface area contributed by atoms with Gasteiger partial charge in [0.15, 0.2) is 0 Å². The summed E-state index contributed by atoms with van der Waals surface area (Å²) in [6, 6.07) is 6.35. The summed E-state index contributed by atoms with van der Waals surface area (Å²) in [5.74, 6) is -0.310. The van der Waals surface area contributed by atoms with Gasteiger partial charge in [-0.05, 0) is 37.5 Å². The maximum Gasteiger partial charge on any atom is 0.330 e. The van der Waals surface area contributed by atoms with E-state index in [0.29, 0.717) is 25.9 Å². The molecule has 1 aromatic heterocycles. The molecule has 1 aromatic carbocycles. The minimum atomic E-state index is -0.905. The molecule has 2 heterocycles. The van der Waals surface area contributed by atoms with Crippen LogP contribution in [0.3, 0.4) is 0 Å². The highest BCUT2D eigenvalue weighted by atomic mass is 19.1. The highest BCUT2D eigenvalue weighted by Gasteiger charge is 2.43. The number of carboxylic acid groups (broad SMARTS) is 1. The highest BCUT2D eigenvalue weighted by Crippen LogP contribution is 2.31. The molecule has 5 nitrogen and oxygen atoms in total. The first-order chi connectivity index (χ1) is 12.0. The lowest BCUT2D eigenvalue weighted by Gasteiger charge is -2.39. The first kappa shape index (κ1) is 17.4. The monoisotopic (exact) mass is 343 g/mol. The lowest BCUT2D eigenvalue weighted by Crippen LogP contribution is -2.51. The molecule has 0 saturated carbocycles. The number of hydrogen-bond donors (Lipinski definition) is 1. The summed E-state index contributed by atoms with van der Waals surface area (Å²) in [7, 11) is 0. The van der Waals surface area contributed by atoms with E-state index in [2.05, 4.69) is 9.88 Å². The second-order valence-corrected chi connectivity index (χ2v) is 6.44. The lowest BCUT2D eigenvalue weighted by atomic mass is 9.87. The Morgan fingerprint density at radius 3 is 2.56 bits per heavy atom. The van der Waals surface area contributed by atoms with E-state index in [1.807, 2.05) is 19.1 Å². The number of carboxylic acids is 1. The number of piperidine rings is 1. The zero-order valence-corrected chi connectivity index (χ0v) is 14.2. The normalized spacial score (nSPS) is 17.8. The Morgan fingerprint density at radius 2 is 2.00 bits per heavy atom. The highest BCUT2D eigenvalue weighted by molar-refractivity contribution is 5.77. The molecule has 132 valence electrons. The third-order valence-corrected chi connectivity index (χ3v) is 4.91. The second-order valence-electron chi connectivity index (χ2n) is 6.44. The molecule has 0 unspecified atom stereocenters. The molecule has 0 radical (unpaired) electrons. The Balaban J connectivity index is 1.61. The van der Waals surface area contributed by atoms with Crippen molar-refractivity contribution in [3.05, 3.63) is 59.9 Å². The van der Waals surface area contributed by atoms with E-state index in [-0.39, 0.29) is 5.82 Å². The van der Waals surface area contributed by atoms with Crippen molar-refractivity contribution in [2.45, 2.75) is 25.3 Å². The Hall–Kier alpha value is -2.47. The number of aliphatic carboxylic acids is 1. The number of aromatic nitrogens is 2. The molecule has 0 atom stereocenters. The lowest BCUT2D eigenvalue weighted by molar-refractivity contribution is -0.150. The largest absolute Gasteiger partial charge is 0.479 e. The van der Waals surface area contributed by atoms with Crippen LogP contribution >= 0.6 is 0 Å². The van der Waals surface area contributed by atoms with Crippen LogP contribution in [0.15, 0.2) is 42.7 Å². The molecule has 6 heteroatoms. The van der Waals surface area contributed by atoms with Crippen molar-refractivity contribution >= 4 is 12.0 Å². The molecule has 1 aliphatic heterocycles. The number of likely N-dealkylation sites (tertiary alicyclic amines) is 1. The number of rotatable bonds is 5. The summed E-state index contributed by atoms with van der Waals surface area (Å²) in [5, 5.41) is 9.81. The Morgan fingerprint density at radius 1 is 1.32 bits per heavy atom. The van der Waals surface area contributed by atoms with Crippen molar-refractivity contribution in [3.8, 4) is 0 Å². The van der Waals surface area contributed by atoms with Crippen LogP contribution in [-0.4, -0.2) is 45.2 Å². The second kappa shape index (κ2) is 7.19. The number of benzene rings is 1. The minimum absolute atomic E-state index is 0.243. The maximum atomic E-state index is 12.9. The van der Waals surface area contributed by atoms with Gasteiger partial charge in [-0.15, -0.1) is 0 Å². The zero-order valence-electron chi connectivity index (χ0n) is 14.2. The van der Waals surface area contributed by atoms with Crippen LogP contribution in [0.2, 0.25) is 0 Å². The van der Waals surface area contributed by atoms with Crippen molar-refractivity contribution in [2.24, 2.45) is 0 Å². The van der Waals surface area contributed by atoms with E-state index >= 15 is 0 Å². The fraction of sp³-hybridized carbons (Fsp3) is 0.368. The number of imidazole rings is 1. The predicted octanol–water partition coefficient (Wildman–Crippen LogP) is 2.92. The fourth-order valence-electron chi connectivity index (χ4n) is 3.41. The molecule has 1 N–H and O–H groups in total. The molecule has 25 heavy (non-hydrogen) atoms. The van der Waals surface area contributed by atoms with Gasteiger partial charge in [0, 0.05) is 32.0 Å². The minimum Gasteiger partial charge on any atom is -0.479 e. The van der Waals surface area contributed by atoms with Gasteiger partial charge in [-0.2, -0.15) is 0 Å². The standard InChI is InChI=1S/C19H22FN3O2/c1-15-21-10-14-23(15)19(18(24)25)8-12-22(13-9-19)11-2-3-16-4-6-17(20)7-5-16/h2-7,10,14H,8-9,11-13H2,1H3,(H,24,25). The van der Waals surface area contributed by atoms with Gasteiger partial charge in [-0.25, -0.2) is 14.2 Å². The third-order valence-electron chi connectivity index (χ3n) is 4.91. The summed E-state index contributed by atoms with van der Waals surface area (Å²) in [4.78, 5) is 18.4. The van der Waals surface area contributed by atoms with Crippen LogP contribution < -0.4 is 0 Å². The van der Waals surface area contributed by atoms with Gasteiger partial charge in [-0.3, -0.25) is 4.90 Å². The molecule has 1 fully saturated rings. The fourth-order valence-corrected chi connectivity index (χ4v) is 3.41. The SMILES string of the molecule is Cc1nccn1C1(C(=O)O)CCN(CC=Cc2ccc(F)cc2)CC1. The summed E-state index contributed by atoms with van der Waals surface area (Å²) in [6.07, 6.45) is 8.49. The topological polar surface area (TPSA) is 58.4 Å². The van der Waals surface area contributed by atoms with E-state index in [1.54, 1.807) is 29.1 Å². The van der Waals surface area contributed by atoms with Gasteiger partial charge < -0.3 is 9.67 Å². The van der Waals surface area contributed by atoms with Crippen LogP contribution in [0, 0.1) is 12.7 Å². The van der Waals surface area contributed by atoms with Crippen molar-refractivity contribution in [1.29, 1.82) is 0 Å². The molecule has 0 aliphatic carbocycles.